The summed E-state index contributed by atoms with van der Waals surface area (Å²) in [4.78, 5) is 15.3. The quantitative estimate of drug-likeness (QED) is 0.656. The van der Waals surface area contributed by atoms with Crippen LogP contribution in [0.25, 0.3) is 0 Å². The van der Waals surface area contributed by atoms with E-state index in [9.17, 15) is 4.79 Å². The lowest BCUT2D eigenvalue weighted by Gasteiger charge is -2.65. The first-order valence-corrected chi connectivity index (χ1v) is 7.99. The Hall–Kier alpha value is -0.370. The van der Waals surface area contributed by atoms with Crippen molar-refractivity contribution in [1.29, 1.82) is 0 Å². The Morgan fingerprint density at radius 3 is 2.83 bits per heavy atom. The SMILES string of the molecule is C[C@H]1C[C@@H]2CC(=O)[C@H]3CCCN4CCC[C@H]2[C@@]34C1. The first-order valence-electron chi connectivity index (χ1n) is 7.99. The number of piperidine rings is 2. The number of rotatable bonds is 0. The van der Waals surface area contributed by atoms with E-state index in [-0.39, 0.29) is 0 Å². The third kappa shape index (κ3) is 1.31. The number of carbonyl (C=O) groups excluding carboxylic acids is 1. The van der Waals surface area contributed by atoms with E-state index in [0.717, 1.165) is 24.2 Å². The van der Waals surface area contributed by atoms with Crippen molar-refractivity contribution in [1.82, 2.24) is 4.90 Å². The molecule has 18 heavy (non-hydrogen) atoms. The molecule has 0 radical (unpaired) electrons. The summed E-state index contributed by atoms with van der Waals surface area (Å²) in [6.45, 7) is 4.95. The van der Waals surface area contributed by atoms with Crippen LogP contribution in [0, 0.1) is 23.7 Å². The second kappa shape index (κ2) is 3.82. The van der Waals surface area contributed by atoms with Gasteiger partial charge in [-0.15, -0.1) is 0 Å². The van der Waals surface area contributed by atoms with Gasteiger partial charge in [0.05, 0.1) is 0 Å². The van der Waals surface area contributed by atoms with Crippen LogP contribution in [0.4, 0.5) is 0 Å². The highest BCUT2D eigenvalue weighted by molar-refractivity contribution is 5.84. The molecule has 4 rings (SSSR count). The van der Waals surface area contributed by atoms with E-state index < -0.39 is 0 Å². The molecule has 2 aliphatic heterocycles. The Morgan fingerprint density at radius 2 is 2.00 bits per heavy atom. The summed E-state index contributed by atoms with van der Waals surface area (Å²) in [6.07, 6.45) is 8.75. The highest BCUT2D eigenvalue weighted by Gasteiger charge is 2.62. The first-order chi connectivity index (χ1) is 8.72. The van der Waals surface area contributed by atoms with Gasteiger partial charge in [0, 0.05) is 17.9 Å². The molecule has 0 aromatic rings. The third-order valence-electron chi connectivity index (χ3n) is 6.50. The highest BCUT2D eigenvalue weighted by atomic mass is 16.1. The van der Waals surface area contributed by atoms with Crippen molar-refractivity contribution >= 4 is 5.78 Å². The predicted octanol–water partition coefficient (Wildman–Crippen LogP) is 2.87. The average molecular weight is 247 g/mol. The summed E-state index contributed by atoms with van der Waals surface area (Å²) in [5.74, 6) is 3.43. The van der Waals surface area contributed by atoms with Crippen LogP contribution in [0.15, 0.2) is 0 Å². The number of hydrogen-bond acceptors (Lipinski definition) is 2. The van der Waals surface area contributed by atoms with E-state index in [2.05, 4.69) is 11.8 Å². The van der Waals surface area contributed by atoms with Crippen LogP contribution < -0.4 is 0 Å². The van der Waals surface area contributed by atoms with E-state index in [1.807, 2.05) is 0 Å². The molecular formula is C16H25NO. The maximum atomic E-state index is 12.5. The molecule has 2 heteroatoms. The van der Waals surface area contributed by atoms with Gasteiger partial charge in [0.1, 0.15) is 5.78 Å². The summed E-state index contributed by atoms with van der Waals surface area (Å²) in [7, 11) is 0. The fraction of sp³-hybridized carbons (Fsp3) is 0.938. The van der Waals surface area contributed by atoms with Crippen molar-refractivity contribution in [2.24, 2.45) is 23.7 Å². The number of ketones is 1. The predicted molar refractivity (Wildman–Crippen MR) is 71.3 cm³/mol. The minimum Gasteiger partial charge on any atom is -0.299 e. The summed E-state index contributed by atoms with van der Waals surface area (Å²) < 4.78 is 0. The van der Waals surface area contributed by atoms with Crippen LogP contribution in [0.5, 0.6) is 0 Å². The van der Waals surface area contributed by atoms with Gasteiger partial charge in [-0.05, 0) is 69.4 Å². The first kappa shape index (κ1) is 11.5. The Morgan fingerprint density at radius 1 is 1.22 bits per heavy atom. The number of nitrogens with zero attached hydrogens (tertiary/aromatic N) is 1. The zero-order chi connectivity index (χ0) is 12.3. The summed E-state index contributed by atoms with van der Waals surface area (Å²) in [5, 5.41) is 0. The standard InChI is InChI=1S/C16H25NO/c1-11-8-12-9-15(18)14-5-3-7-17-6-2-4-13(12)16(14,17)10-11/h11-14H,2-10H2,1H3/t11-,12+,13+,14+,16-/m0/s1. The molecule has 2 saturated carbocycles. The molecule has 0 amide bonds. The van der Waals surface area contributed by atoms with Crippen molar-refractivity contribution in [3.8, 4) is 0 Å². The summed E-state index contributed by atoms with van der Waals surface area (Å²) >= 11 is 0. The second-order valence-corrected chi connectivity index (χ2v) is 7.40. The molecule has 4 fully saturated rings. The van der Waals surface area contributed by atoms with E-state index in [4.69, 9.17) is 0 Å². The lowest BCUT2D eigenvalue weighted by atomic mass is 9.48. The lowest BCUT2D eigenvalue weighted by Crippen LogP contribution is -2.71. The molecule has 2 bridgehead atoms. The van der Waals surface area contributed by atoms with Crippen LogP contribution in [-0.2, 0) is 4.79 Å². The van der Waals surface area contributed by atoms with Gasteiger partial charge in [-0.3, -0.25) is 9.69 Å². The second-order valence-electron chi connectivity index (χ2n) is 7.40. The van der Waals surface area contributed by atoms with Gasteiger partial charge < -0.3 is 0 Å². The van der Waals surface area contributed by atoms with Gasteiger partial charge in [-0.2, -0.15) is 0 Å². The third-order valence-corrected chi connectivity index (χ3v) is 6.50. The Labute approximate surface area is 110 Å². The Bertz CT molecular complexity index is 377. The smallest absolute Gasteiger partial charge is 0.138 e. The van der Waals surface area contributed by atoms with Gasteiger partial charge in [0.2, 0.25) is 0 Å². The minimum absolute atomic E-state index is 0.314. The van der Waals surface area contributed by atoms with Gasteiger partial charge in [0.15, 0.2) is 0 Å². The van der Waals surface area contributed by atoms with E-state index in [1.165, 1.54) is 51.6 Å². The van der Waals surface area contributed by atoms with Crippen LogP contribution in [-0.4, -0.2) is 29.3 Å². The molecular weight excluding hydrogens is 222 g/mol. The van der Waals surface area contributed by atoms with Gasteiger partial charge in [-0.25, -0.2) is 0 Å². The molecule has 5 atom stereocenters. The van der Waals surface area contributed by atoms with Gasteiger partial charge in [-0.1, -0.05) is 6.92 Å². The van der Waals surface area contributed by atoms with Crippen molar-refractivity contribution in [2.45, 2.75) is 57.4 Å². The van der Waals surface area contributed by atoms with Crippen LogP contribution in [0.3, 0.4) is 0 Å². The fourth-order valence-electron chi connectivity index (χ4n) is 6.18. The monoisotopic (exact) mass is 247 g/mol. The van der Waals surface area contributed by atoms with Crippen molar-refractivity contribution < 1.29 is 4.79 Å². The number of Topliss-reactive ketones (excluding diaryl/α,β-unsaturated/α-hetero) is 1. The topological polar surface area (TPSA) is 20.3 Å². The molecule has 0 unspecified atom stereocenters. The maximum absolute atomic E-state index is 12.5. The van der Waals surface area contributed by atoms with Crippen molar-refractivity contribution in [3.05, 3.63) is 0 Å². The molecule has 100 valence electrons. The minimum atomic E-state index is 0.314. The van der Waals surface area contributed by atoms with Gasteiger partial charge in [0.25, 0.3) is 0 Å². The lowest BCUT2D eigenvalue weighted by molar-refractivity contribution is -0.172. The molecule has 2 saturated heterocycles. The number of hydrogen-bond donors (Lipinski definition) is 0. The average Bonchev–Trinajstić information content (AvgIpc) is 2.33. The highest BCUT2D eigenvalue weighted by Crippen LogP contribution is 2.59. The summed E-state index contributed by atoms with van der Waals surface area (Å²) in [5.41, 5.74) is 0.314. The van der Waals surface area contributed by atoms with Crippen molar-refractivity contribution in [3.63, 3.8) is 0 Å². The van der Waals surface area contributed by atoms with E-state index >= 15 is 0 Å². The molecule has 0 aromatic carbocycles. The molecule has 2 heterocycles. The van der Waals surface area contributed by atoms with Crippen LogP contribution in [0.2, 0.25) is 0 Å². The molecule has 2 nitrogen and oxygen atoms in total. The molecule has 0 N–H and O–H groups in total. The van der Waals surface area contributed by atoms with Crippen molar-refractivity contribution in [2.75, 3.05) is 13.1 Å². The van der Waals surface area contributed by atoms with Gasteiger partial charge >= 0.3 is 0 Å². The molecule has 4 aliphatic rings. The fourth-order valence-corrected chi connectivity index (χ4v) is 6.18. The molecule has 1 spiro atoms. The maximum Gasteiger partial charge on any atom is 0.138 e. The summed E-state index contributed by atoms with van der Waals surface area (Å²) in [6, 6.07) is 0. The molecule has 2 aliphatic carbocycles. The normalized spacial score (nSPS) is 51.9. The molecule has 0 aromatic heterocycles. The zero-order valence-corrected chi connectivity index (χ0v) is 11.5. The van der Waals surface area contributed by atoms with Crippen LogP contribution in [0.1, 0.15) is 51.9 Å². The van der Waals surface area contributed by atoms with Crippen LogP contribution >= 0.6 is 0 Å². The Balaban J connectivity index is 1.82. The number of carbonyl (C=O) groups is 1. The Kier molecular flexibility index (Phi) is 2.43. The largest absolute Gasteiger partial charge is 0.299 e. The van der Waals surface area contributed by atoms with E-state index in [1.54, 1.807) is 0 Å². The van der Waals surface area contributed by atoms with E-state index in [0.29, 0.717) is 17.2 Å². The zero-order valence-electron chi connectivity index (χ0n) is 11.5.